The molecule has 3 rings (SSSR count). The van der Waals surface area contributed by atoms with Crippen molar-refractivity contribution < 1.29 is 9.53 Å². The number of carbonyl (C=O) groups excluding carboxylic acids is 1. The number of hydrogen-bond donors (Lipinski definition) is 2. The lowest BCUT2D eigenvalue weighted by Gasteiger charge is -2.12. The molecule has 25 heavy (non-hydrogen) atoms. The Hall–Kier alpha value is -1.54. The molecule has 5 nitrogen and oxygen atoms in total. The summed E-state index contributed by atoms with van der Waals surface area (Å²) in [6.07, 6.45) is 0. The van der Waals surface area contributed by atoms with E-state index in [1.54, 1.807) is 18.2 Å². The minimum absolute atomic E-state index is 0.178. The molecule has 9 heteroatoms. The van der Waals surface area contributed by atoms with E-state index < -0.39 is 0 Å². The summed E-state index contributed by atoms with van der Waals surface area (Å²) in [5, 5.41) is 4.13. The predicted molar refractivity (Wildman–Crippen MR) is 107 cm³/mol. The maximum atomic E-state index is 12.2. The first kappa shape index (κ1) is 18.3. The number of ether oxygens (including phenoxy) is 1. The molecule has 0 spiro atoms. The summed E-state index contributed by atoms with van der Waals surface area (Å²) in [5.41, 5.74) is 7.86. The molecule has 1 aromatic heterocycles. The molecule has 0 bridgehead atoms. The van der Waals surface area contributed by atoms with E-state index in [1.165, 1.54) is 11.3 Å². The number of aryl methyl sites for hydroxylation is 1. The summed E-state index contributed by atoms with van der Waals surface area (Å²) in [7, 11) is 0. The number of nitrogens with zero attached hydrogens (tertiary/aromatic N) is 1. The molecule has 0 saturated carbocycles. The van der Waals surface area contributed by atoms with Gasteiger partial charge in [0.05, 0.1) is 15.2 Å². The fourth-order valence-corrected chi connectivity index (χ4v) is 4.41. The van der Waals surface area contributed by atoms with Crippen LogP contribution in [0.3, 0.4) is 0 Å². The second-order valence-corrected chi connectivity index (χ2v) is 7.99. The van der Waals surface area contributed by atoms with Crippen LogP contribution in [0.5, 0.6) is 5.75 Å². The van der Waals surface area contributed by atoms with Crippen molar-refractivity contribution >= 4 is 77.4 Å². The molecule has 130 valence electrons. The number of nitrogens with two attached hydrogens (primary N) is 1. The number of aromatic nitrogens is 1. The molecule has 0 fully saturated rings. The van der Waals surface area contributed by atoms with Crippen LogP contribution in [0.4, 0.5) is 10.8 Å². The third-order valence-corrected chi connectivity index (χ3v) is 5.23. The van der Waals surface area contributed by atoms with E-state index in [4.69, 9.17) is 33.7 Å². The number of fused-ring (bicyclic) bond motifs is 1. The second-order valence-electron chi connectivity index (χ2n) is 5.23. The molecule has 0 aliphatic rings. The SMILES string of the molecule is Cc1cc(Cl)cc(Cl)c1OCC(=O)Nc1cc(Br)c2nc(N)sc2c1. The van der Waals surface area contributed by atoms with E-state index in [2.05, 4.69) is 26.2 Å². The van der Waals surface area contributed by atoms with E-state index in [1.807, 2.05) is 13.0 Å². The van der Waals surface area contributed by atoms with E-state index in [-0.39, 0.29) is 12.5 Å². The summed E-state index contributed by atoms with van der Waals surface area (Å²) in [6, 6.07) is 6.87. The number of nitrogens with one attached hydrogen (secondary N) is 1. The van der Waals surface area contributed by atoms with Crippen molar-refractivity contribution in [1.29, 1.82) is 0 Å². The van der Waals surface area contributed by atoms with Crippen molar-refractivity contribution in [3.05, 3.63) is 44.3 Å². The third kappa shape index (κ3) is 4.17. The van der Waals surface area contributed by atoms with Gasteiger partial charge in [-0.3, -0.25) is 4.79 Å². The number of thiazole rings is 1. The average Bonchev–Trinajstić information content (AvgIpc) is 2.87. The number of anilines is 2. The first-order valence-corrected chi connectivity index (χ1v) is 9.44. The summed E-state index contributed by atoms with van der Waals surface area (Å²) in [5.74, 6) is 0.127. The fourth-order valence-electron chi connectivity index (χ4n) is 2.28. The number of benzene rings is 2. The van der Waals surface area contributed by atoms with Crippen molar-refractivity contribution in [3.8, 4) is 5.75 Å². The monoisotopic (exact) mass is 459 g/mol. The zero-order valence-electron chi connectivity index (χ0n) is 12.9. The van der Waals surface area contributed by atoms with Gasteiger partial charge in [0.1, 0.15) is 5.75 Å². The molecule has 3 aromatic rings. The molecule has 2 aromatic carbocycles. The van der Waals surface area contributed by atoms with Crippen LogP contribution >= 0.6 is 50.5 Å². The number of nitrogen functional groups attached to an aromatic ring is 1. The summed E-state index contributed by atoms with van der Waals surface area (Å²) in [4.78, 5) is 16.4. The molecule has 3 N–H and O–H groups in total. The van der Waals surface area contributed by atoms with Gasteiger partial charge in [0.15, 0.2) is 11.7 Å². The Balaban J connectivity index is 1.71. The molecule has 0 saturated heterocycles. The van der Waals surface area contributed by atoms with E-state index >= 15 is 0 Å². The molecule has 0 radical (unpaired) electrons. The summed E-state index contributed by atoms with van der Waals surface area (Å²) < 4.78 is 7.16. The number of halogens is 3. The quantitative estimate of drug-likeness (QED) is 0.555. The normalized spacial score (nSPS) is 10.9. The predicted octanol–water partition coefficient (Wildman–Crippen LogP) is 5.27. The first-order chi connectivity index (χ1) is 11.8. The lowest BCUT2D eigenvalue weighted by molar-refractivity contribution is -0.118. The Labute approximate surface area is 166 Å². The van der Waals surface area contributed by atoms with E-state index in [9.17, 15) is 4.79 Å². The molecule has 0 unspecified atom stereocenters. The van der Waals surface area contributed by atoms with Crippen molar-refractivity contribution in [2.24, 2.45) is 0 Å². The highest BCUT2D eigenvalue weighted by Crippen LogP contribution is 2.33. The summed E-state index contributed by atoms with van der Waals surface area (Å²) >= 11 is 16.8. The van der Waals surface area contributed by atoms with Gasteiger partial charge in [-0.1, -0.05) is 34.5 Å². The maximum Gasteiger partial charge on any atom is 0.262 e. The van der Waals surface area contributed by atoms with Crippen molar-refractivity contribution in [1.82, 2.24) is 4.98 Å². The van der Waals surface area contributed by atoms with Crippen LogP contribution in [0.15, 0.2) is 28.7 Å². The molecule has 1 amide bonds. The lowest BCUT2D eigenvalue weighted by Crippen LogP contribution is -2.20. The molecule has 0 aliphatic heterocycles. The Bertz CT molecular complexity index is 954. The molecular weight excluding hydrogens is 449 g/mol. The Morgan fingerprint density at radius 1 is 1.36 bits per heavy atom. The van der Waals surface area contributed by atoms with Crippen LogP contribution in [0.2, 0.25) is 10.0 Å². The van der Waals surface area contributed by atoms with Gasteiger partial charge in [-0.05, 0) is 52.7 Å². The molecule has 1 heterocycles. The Morgan fingerprint density at radius 3 is 2.84 bits per heavy atom. The van der Waals surface area contributed by atoms with Gasteiger partial charge in [0.25, 0.3) is 5.91 Å². The van der Waals surface area contributed by atoms with Crippen LogP contribution < -0.4 is 15.8 Å². The highest BCUT2D eigenvalue weighted by molar-refractivity contribution is 9.10. The van der Waals surface area contributed by atoms with Crippen molar-refractivity contribution in [2.75, 3.05) is 17.7 Å². The minimum atomic E-state index is -0.311. The lowest BCUT2D eigenvalue weighted by atomic mass is 10.2. The van der Waals surface area contributed by atoms with Crippen molar-refractivity contribution in [2.45, 2.75) is 6.92 Å². The van der Waals surface area contributed by atoms with Gasteiger partial charge < -0.3 is 15.8 Å². The van der Waals surface area contributed by atoms with E-state index in [0.717, 1.165) is 20.3 Å². The van der Waals surface area contributed by atoms with Crippen LogP contribution in [0, 0.1) is 6.92 Å². The summed E-state index contributed by atoms with van der Waals surface area (Å²) in [6.45, 7) is 1.63. The smallest absolute Gasteiger partial charge is 0.262 e. The van der Waals surface area contributed by atoms with E-state index in [0.29, 0.717) is 26.6 Å². The fraction of sp³-hybridized carbons (Fsp3) is 0.125. The highest BCUT2D eigenvalue weighted by atomic mass is 79.9. The van der Waals surface area contributed by atoms with Crippen LogP contribution in [0.1, 0.15) is 5.56 Å². The Kier molecular flexibility index (Phi) is 5.38. The van der Waals surface area contributed by atoms with Crippen LogP contribution in [0.25, 0.3) is 10.2 Å². The average molecular weight is 461 g/mol. The third-order valence-electron chi connectivity index (χ3n) is 3.29. The zero-order valence-corrected chi connectivity index (χ0v) is 16.8. The molecular formula is C16H12BrCl2N3O2S. The second kappa shape index (κ2) is 7.37. The van der Waals surface area contributed by atoms with Crippen molar-refractivity contribution in [3.63, 3.8) is 0 Å². The van der Waals surface area contributed by atoms with Gasteiger partial charge in [-0.25, -0.2) is 4.98 Å². The molecule has 0 aliphatic carbocycles. The maximum absolute atomic E-state index is 12.2. The topological polar surface area (TPSA) is 77.2 Å². The zero-order chi connectivity index (χ0) is 18.1. The van der Waals surface area contributed by atoms with Gasteiger partial charge in [0.2, 0.25) is 0 Å². The van der Waals surface area contributed by atoms with Gasteiger partial charge in [0, 0.05) is 15.2 Å². The Morgan fingerprint density at radius 2 is 2.12 bits per heavy atom. The van der Waals surface area contributed by atoms with Gasteiger partial charge >= 0.3 is 0 Å². The van der Waals surface area contributed by atoms with Gasteiger partial charge in [-0.2, -0.15) is 0 Å². The number of carbonyl (C=O) groups is 1. The minimum Gasteiger partial charge on any atom is -0.482 e. The number of rotatable bonds is 4. The van der Waals surface area contributed by atoms with Crippen LogP contribution in [-0.2, 0) is 4.79 Å². The molecule has 0 atom stereocenters. The van der Waals surface area contributed by atoms with Gasteiger partial charge in [-0.15, -0.1) is 0 Å². The highest BCUT2D eigenvalue weighted by Gasteiger charge is 2.12. The number of amides is 1. The largest absolute Gasteiger partial charge is 0.482 e. The van der Waals surface area contributed by atoms with Crippen LogP contribution in [-0.4, -0.2) is 17.5 Å². The number of hydrogen-bond acceptors (Lipinski definition) is 5. The first-order valence-electron chi connectivity index (χ1n) is 7.07. The standard InChI is InChI=1S/C16H12BrCl2N3O2S/c1-7-2-8(18)3-11(19)15(7)24-6-13(23)21-9-4-10(17)14-12(5-9)25-16(20)22-14/h2-5H,6H2,1H3,(H2,20,22)(H,21,23).